The summed E-state index contributed by atoms with van der Waals surface area (Å²) in [6, 6.07) is 0.225. The molecule has 1 aliphatic heterocycles. The topological polar surface area (TPSA) is 58.4 Å². The Hall–Kier alpha value is -1.36. The molecule has 2 rings (SSSR count). The van der Waals surface area contributed by atoms with Crippen molar-refractivity contribution in [3.8, 4) is 0 Å². The first-order chi connectivity index (χ1) is 9.32. The van der Waals surface area contributed by atoms with Crippen LogP contribution in [0.2, 0.25) is 0 Å². The molecule has 2 heterocycles. The summed E-state index contributed by atoms with van der Waals surface area (Å²) in [6.45, 7) is 9.02. The van der Waals surface area contributed by atoms with Crippen LogP contribution < -0.4 is 0 Å². The fraction of sp³-hybridized carbons (Fsp3) is 0.733. The first-order valence-corrected chi connectivity index (χ1v) is 7.30. The minimum absolute atomic E-state index is 0.0196. The minimum Gasteiger partial charge on any atom is -0.396 e. The second kappa shape index (κ2) is 5.56. The molecule has 0 spiro atoms. The van der Waals surface area contributed by atoms with E-state index in [0.717, 1.165) is 12.8 Å². The van der Waals surface area contributed by atoms with Gasteiger partial charge < -0.3 is 10.0 Å². The number of aliphatic hydroxyl groups is 1. The van der Waals surface area contributed by atoms with Gasteiger partial charge in [0.25, 0.3) is 5.91 Å². The molecule has 0 aromatic carbocycles. The van der Waals surface area contributed by atoms with Crippen LogP contribution >= 0.6 is 0 Å². The number of aliphatic hydroxyl groups excluding tert-OH is 1. The Bertz CT molecular complexity index is 476. The smallest absolute Gasteiger partial charge is 0.257 e. The summed E-state index contributed by atoms with van der Waals surface area (Å²) in [5.41, 5.74) is 0.505. The van der Waals surface area contributed by atoms with Gasteiger partial charge in [0.05, 0.1) is 17.3 Å². The lowest BCUT2D eigenvalue weighted by Crippen LogP contribution is -2.46. The summed E-state index contributed by atoms with van der Waals surface area (Å²) < 4.78 is 1.82. The fourth-order valence-electron chi connectivity index (χ4n) is 2.58. The summed E-state index contributed by atoms with van der Waals surface area (Å²) in [7, 11) is 0. The standard InChI is InChI=1S/C15H25N3O2/c1-11-5-6-12(10-19)8-17(11)14(20)13-7-16-18(9-13)15(2,3)4/h7,9,11-12,19H,5-6,8,10H2,1-4H3. The molecule has 2 atom stereocenters. The van der Waals surface area contributed by atoms with Gasteiger partial charge in [0.15, 0.2) is 0 Å². The molecule has 1 saturated heterocycles. The number of rotatable bonds is 2. The van der Waals surface area contributed by atoms with Crippen LogP contribution in [0.5, 0.6) is 0 Å². The number of piperidine rings is 1. The molecular formula is C15H25N3O2. The van der Waals surface area contributed by atoms with E-state index in [9.17, 15) is 9.90 Å². The van der Waals surface area contributed by atoms with E-state index in [1.54, 1.807) is 6.20 Å². The number of carbonyl (C=O) groups is 1. The van der Waals surface area contributed by atoms with E-state index in [-0.39, 0.29) is 30.0 Å². The molecule has 1 aromatic heterocycles. The summed E-state index contributed by atoms with van der Waals surface area (Å²) >= 11 is 0. The van der Waals surface area contributed by atoms with E-state index < -0.39 is 0 Å². The zero-order valence-electron chi connectivity index (χ0n) is 12.8. The molecule has 20 heavy (non-hydrogen) atoms. The highest BCUT2D eigenvalue weighted by Crippen LogP contribution is 2.24. The zero-order chi connectivity index (χ0) is 14.9. The summed E-state index contributed by atoms with van der Waals surface area (Å²) in [5.74, 6) is 0.221. The van der Waals surface area contributed by atoms with Gasteiger partial charge >= 0.3 is 0 Å². The highest BCUT2D eigenvalue weighted by molar-refractivity contribution is 5.94. The fourth-order valence-corrected chi connectivity index (χ4v) is 2.58. The Labute approximate surface area is 120 Å². The zero-order valence-corrected chi connectivity index (χ0v) is 12.8. The van der Waals surface area contributed by atoms with Crippen LogP contribution in [0.3, 0.4) is 0 Å². The van der Waals surface area contributed by atoms with Gasteiger partial charge in [-0.25, -0.2) is 0 Å². The lowest BCUT2D eigenvalue weighted by molar-refractivity contribution is 0.0488. The molecule has 0 saturated carbocycles. The first kappa shape index (κ1) is 15.0. The molecule has 0 bridgehead atoms. The number of aromatic nitrogens is 2. The largest absolute Gasteiger partial charge is 0.396 e. The molecule has 1 amide bonds. The predicted molar refractivity (Wildman–Crippen MR) is 77.5 cm³/mol. The van der Waals surface area contributed by atoms with Gasteiger partial charge in [-0.2, -0.15) is 5.10 Å². The summed E-state index contributed by atoms with van der Waals surface area (Å²) in [5, 5.41) is 13.6. The Morgan fingerprint density at radius 2 is 2.15 bits per heavy atom. The van der Waals surface area contributed by atoms with E-state index in [0.29, 0.717) is 12.1 Å². The molecule has 5 heteroatoms. The van der Waals surface area contributed by atoms with Crippen LogP contribution in [-0.4, -0.2) is 44.9 Å². The van der Waals surface area contributed by atoms with Crippen molar-refractivity contribution in [3.63, 3.8) is 0 Å². The van der Waals surface area contributed by atoms with Crippen molar-refractivity contribution in [3.05, 3.63) is 18.0 Å². The Morgan fingerprint density at radius 1 is 1.45 bits per heavy atom. The van der Waals surface area contributed by atoms with Crippen LogP contribution in [0.4, 0.5) is 0 Å². The summed E-state index contributed by atoms with van der Waals surface area (Å²) in [4.78, 5) is 14.5. The monoisotopic (exact) mass is 279 g/mol. The molecule has 0 aliphatic carbocycles. The average molecular weight is 279 g/mol. The molecule has 1 aromatic rings. The maximum Gasteiger partial charge on any atom is 0.257 e. The van der Waals surface area contributed by atoms with Gasteiger partial charge in [-0.05, 0) is 46.5 Å². The van der Waals surface area contributed by atoms with Crippen molar-refractivity contribution in [1.29, 1.82) is 0 Å². The number of amides is 1. The molecule has 1 N–H and O–H groups in total. The van der Waals surface area contributed by atoms with Crippen molar-refractivity contribution in [2.45, 2.75) is 52.1 Å². The third-order valence-electron chi connectivity index (χ3n) is 4.02. The van der Waals surface area contributed by atoms with E-state index in [1.165, 1.54) is 0 Å². The molecule has 0 radical (unpaired) electrons. The van der Waals surface area contributed by atoms with E-state index in [4.69, 9.17) is 0 Å². The number of likely N-dealkylation sites (tertiary alicyclic amines) is 1. The third kappa shape index (κ3) is 3.03. The van der Waals surface area contributed by atoms with Gasteiger partial charge in [-0.15, -0.1) is 0 Å². The summed E-state index contributed by atoms with van der Waals surface area (Å²) in [6.07, 6.45) is 5.40. The van der Waals surface area contributed by atoms with E-state index in [1.807, 2.05) is 15.8 Å². The second-order valence-electron chi connectivity index (χ2n) is 6.78. The van der Waals surface area contributed by atoms with E-state index in [2.05, 4.69) is 32.8 Å². The molecule has 112 valence electrons. The van der Waals surface area contributed by atoms with Crippen molar-refractivity contribution in [2.24, 2.45) is 5.92 Å². The van der Waals surface area contributed by atoms with Gasteiger partial charge in [0.1, 0.15) is 0 Å². The van der Waals surface area contributed by atoms with Crippen molar-refractivity contribution >= 4 is 5.91 Å². The van der Waals surface area contributed by atoms with Crippen LogP contribution in [0.1, 0.15) is 50.9 Å². The van der Waals surface area contributed by atoms with Crippen LogP contribution in [0.15, 0.2) is 12.4 Å². The molecule has 1 aliphatic rings. The SMILES string of the molecule is CC1CCC(CO)CN1C(=O)c1cnn(C(C)(C)C)c1. The Balaban J connectivity index is 2.15. The molecule has 5 nitrogen and oxygen atoms in total. The van der Waals surface area contributed by atoms with Gasteiger partial charge in [-0.1, -0.05) is 0 Å². The number of hydrogen-bond donors (Lipinski definition) is 1. The Kier molecular flexibility index (Phi) is 4.18. The van der Waals surface area contributed by atoms with Crippen LogP contribution in [0.25, 0.3) is 0 Å². The molecular weight excluding hydrogens is 254 g/mol. The third-order valence-corrected chi connectivity index (χ3v) is 4.02. The molecule has 1 fully saturated rings. The highest BCUT2D eigenvalue weighted by atomic mass is 16.3. The van der Waals surface area contributed by atoms with E-state index >= 15 is 0 Å². The van der Waals surface area contributed by atoms with Crippen LogP contribution in [0, 0.1) is 5.92 Å². The van der Waals surface area contributed by atoms with Crippen molar-refractivity contribution in [2.75, 3.05) is 13.2 Å². The Morgan fingerprint density at radius 3 is 2.70 bits per heavy atom. The van der Waals surface area contributed by atoms with Gasteiger partial charge in [0, 0.05) is 25.4 Å². The predicted octanol–water partition coefficient (Wildman–Crippen LogP) is 1.87. The first-order valence-electron chi connectivity index (χ1n) is 7.30. The maximum absolute atomic E-state index is 12.6. The maximum atomic E-state index is 12.6. The normalized spacial score (nSPS) is 23.9. The quantitative estimate of drug-likeness (QED) is 0.899. The average Bonchev–Trinajstić information content (AvgIpc) is 2.88. The van der Waals surface area contributed by atoms with Crippen molar-refractivity contribution < 1.29 is 9.90 Å². The number of carbonyl (C=O) groups excluding carboxylic acids is 1. The second-order valence-corrected chi connectivity index (χ2v) is 6.78. The van der Waals surface area contributed by atoms with Crippen LogP contribution in [-0.2, 0) is 5.54 Å². The highest BCUT2D eigenvalue weighted by Gasteiger charge is 2.30. The number of hydrogen-bond acceptors (Lipinski definition) is 3. The van der Waals surface area contributed by atoms with Gasteiger partial charge in [0.2, 0.25) is 0 Å². The van der Waals surface area contributed by atoms with Gasteiger partial charge in [-0.3, -0.25) is 9.48 Å². The number of nitrogens with zero attached hydrogens (tertiary/aromatic N) is 3. The lowest BCUT2D eigenvalue weighted by atomic mass is 9.93. The van der Waals surface area contributed by atoms with Crippen molar-refractivity contribution in [1.82, 2.24) is 14.7 Å². The lowest BCUT2D eigenvalue weighted by Gasteiger charge is -2.37. The minimum atomic E-state index is -0.125. The molecule has 2 unspecified atom stereocenters.